The van der Waals surface area contributed by atoms with E-state index in [2.05, 4.69) is 0 Å². The van der Waals surface area contributed by atoms with Gasteiger partial charge in [-0.15, -0.1) is 0 Å². The van der Waals surface area contributed by atoms with Crippen LogP contribution in [0.3, 0.4) is 0 Å². The molecular formula is C14H19NO3S. The minimum absolute atomic E-state index is 0.00941. The van der Waals surface area contributed by atoms with Gasteiger partial charge in [0.05, 0.1) is 0 Å². The highest BCUT2D eigenvalue weighted by Crippen LogP contribution is 2.40. The number of amides is 1. The zero-order chi connectivity index (χ0) is 14.1. The fraction of sp³-hybridized carbons (Fsp3) is 0.500. The summed E-state index contributed by atoms with van der Waals surface area (Å²) in [5.41, 5.74) is 0.834. The number of nitrogens with zero attached hydrogens (tertiary/aromatic N) is 1. The maximum Gasteiger partial charge on any atom is 0.219 e. The Kier molecular flexibility index (Phi) is 3.67. The van der Waals surface area contributed by atoms with E-state index < -0.39 is 14.6 Å². The highest BCUT2D eigenvalue weighted by atomic mass is 32.2. The van der Waals surface area contributed by atoms with Crippen LogP contribution in [0.1, 0.15) is 25.3 Å². The lowest BCUT2D eigenvalue weighted by Gasteiger charge is -2.40. The average Bonchev–Trinajstić information content (AvgIpc) is 2.38. The molecule has 0 aliphatic carbocycles. The first kappa shape index (κ1) is 14.1. The highest BCUT2D eigenvalue weighted by Gasteiger charge is 2.45. The molecular weight excluding hydrogens is 262 g/mol. The summed E-state index contributed by atoms with van der Waals surface area (Å²) >= 11 is 0. The van der Waals surface area contributed by atoms with Gasteiger partial charge in [-0.25, -0.2) is 8.42 Å². The molecule has 1 aliphatic rings. The summed E-state index contributed by atoms with van der Waals surface area (Å²) in [6.07, 6.45) is 2.23. The molecule has 1 aromatic rings. The zero-order valence-corrected chi connectivity index (χ0v) is 12.1. The molecule has 0 bridgehead atoms. The topological polar surface area (TPSA) is 54.5 Å². The molecule has 0 N–H and O–H groups in total. The van der Waals surface area contributed by atoms with Crippen molar-refractivity contribution in [3.05, 3.63) is 35.9 Å². The first-order valence-electron chi connectivity index (χ1n) is 6.37. The Morgan fingerprint density at radius 1 is 1.16 bits per heavy atom. The Labute approximate surface area is 114 Å². The number of rotatable bonds is 2. The summed E-state index contributed by atoms with van der Waals surface area (Å²) in [6.45, 7) is 2.52. The first-order valence-corrected chi connectivity index (χ1v) is 8.27. The minimum Gasteiger partial charge on any atom is -0.343 e. The van der Waals surface area contributed by atoms with Crippen LogP contribution in [0.4, 0.5) is 0 Å². The summed E-state index contributed by atoms with van der Waals surface area (Å²) in [5.74, 6) is 0.00941. The van der Waals surface area contributed by atoms with Crippen LogP contribution < -0.4 is 0 Å². The monoisotopic (exact) mass is 281 g/mol. The van der Waals surface area contributed by atoms with Crippen LogP contribution in [0.2, 0.25) is 0 Å². The summed E-state index contributed by atoms with van der Waals surface area (Å²) in [5, 5.41) is 0. The molecule has 1 saturated heterocycles. The molecule has 0 spiro atoms. The van der Waals surface area contributed by atoms with E-state index >= 15 is 0 Å². The van der Waals surface area contributed by atoms with Gasteiger partial charge in [-0.2, -0.15) is 0 Å². The number of benzene rings is 1. The first-order chi connectivity index (χ1) is 8.87. The third kappa shape index (κ3) is 2.52. The van der Waals surface area contributed by atoms with Crippen molar-refractivity contribution in [2.24, 2.45) is 0 Å². The summed E-state index contributed by atoms with van der Waals surface area (Å²) in [6, 6.07) is 9.33. The predicted molar refractivity (Wildman–Crippen MR) is 74.5 cm³/mol. The van der Waals surface area contributed by atoms with Crippen LogP contribution in [0.15, 0.2) is 30.3 Å². The van der Waals surface area contributed by atoms with E-state index in [4.69, 9.17) is 0 Å². The van der Waals surface area contributed by atoms with Crippen LogP contribution in [-0.2, 0) is 19.4 Å². The van der Waals surface area contributed by atoms with E-state index in [0.717, 1.165) is 5.56 Å². The van der Waals surface area contributed by atoms with Crippen molar-refractivity contribution in [3.8, 4) is 0 Å². The number of sulfone groups is 1. The fourth-order valence-electron chi connectivity index (χ4n) is 2.80. The number of likely N-dealkylation sites (tertiary alicyclic amines) is 1. The van der Waals surface area contributed by atoms with E-state index in [1.165, 1.54) is 13.2 Å². The maximum atomic E-state index is 12.3. The van der Waals surface area contributed by atoms with Gasteiger partial charge in [0, 0.05) is 26.3 Å². The number of hydrogen-bond acceptors (Lipinski definition) is 3. The van der Waals surface area contributed by atoms with Gasteiger partial charge < -0.3 is 4.90 Å². The Morgan fingerprint density at radius 2 is 1.68 bits per heavy atom. The summed E-state index contributed by atoms with van der Waals surface area (Å²) in [7, 11) is -3.23. The van der Waals surface area contributed by atoms with Crippen LogP contribution in [0.25, 0.3) is 0 Å². The second-order valence-corrected chi connectivity index (χ2v) is 7.46. The number of piperidine rings is 1. The second kappa shape index (κ2) is 4.96. The Hall–Kier alpha value is -1.36. The average molecular weight is 281 g/mol. The number of carbonyl (C=O) groups excluding carboxylic acids is 1. The third-order valence-electron chi connectivity index (χ3n) is 4.03. The summed E-state index contributed by atoms with van der Waals surface area (Å²) < 4.78 is 23.7. The molecule has 104 valence electrons. The van der Waals surface area contributed by atoms with Crippen molar-refractivity contribution in [1.29, 1.82) is 0 Å². The van der Waals surface area contributed by atoms with Gasteiger partial charge in [-0.05, 0) is 18.4 Å². The van der Waals surface area contributed by atoms with E-state index in [1.807, 2.05) is 30.3 Å². The van der Waals surface area contributed by atoms with Crippen molar-refractivity contribution in [2.75, 3.05) is 19.3 Å². The van der Waals surface area contributed by atoms with Crippen molar-refractivity contribution >= 4 is 15.7 Å². The van der Waals surface area contributed by atoms with Gasteiger partial charge in [0.15, 0.2) is 9.84 Å². The second-order valence-electron chi connectivity index (χ2n) is 5.14. The number of carbonyl (C=O) groups is 1. The standard InChI is InChI=1S/C14H19NO3S/c1-12(16)15-10-8-14(9-11-15,19(2,17)18)13-6-4-3-5-7-13/h3-7H,8-11H2,1-2H3. The molecule has 1 aromatic carbocycles. The van der Waals surface area contributed by atoms with Gasteiger partial charge in [-0.1, -0.05) is 30.3 Å². The quantitative estimate of drug-likeness (QED) is 0.827. The Morgan fingerprint density at radius 3 is 2.11 bits per heavy atom. The Balaban J connectivity index is 2.38. The fourth-order valence-corrected chi connectivity index (χ4v) is 4.29. The molecule has 1 heterocycles. The van der Waals surface area contributed by atoms with Gasteiger partial charge in [0.1, 0.15) is 4.75 Å². The van der Waals surface area contributed by atoms with E-state index in [9.17, 15) is 13.2 Å². The molecule has 1 aliphatic heterocycles. The van der Waals surface area contributed by atoms with Gasteiger partial charge in [0.25, 0.3) is 0 Å². The predicted octanol–water partition coefficient (Wildman–Crippen LogP) is 1.57. The molecule has 4 nitrogen and oxygen atoms in total. The molecule has 0 saturated carbocycles. The van der Waals surface area contributed by atoms with E-state index in [1.54, 1.807) is 4.90 Å². The van der Waals surface area contributed by atoms with E-state index in [0.29, 0.717) is 25.9 Å². The van der Waals surface area contributed by atoms with Crippen molar-refractivity contribution in [2.45, 2.75) is 24.5 Å². The van der Waals surface area contributed by atoms with Crippen molar-refractivity contribution in [1.82, 2.24) is 4.90 Å². The molecule has 1 fully saturated rings. The molecule has 0 radical (unpaired) electrons. The zero-order valence-electron chi connectivity index (χ0n) is 11.3. The van der Waals surface area contributed by atoms with Gasteiger partial charge in [-0.3, -0.25) is 4.79 Å². The Bertz CT molecular complexity index is 558. The largest absolute Gasteiger partial charge is 0.343 e. The lowest BCUT2D eigenvalue weighted by Crippen LogP contribution is -2.48. The molecule has 0 aromatic heterocycles. The SMILES string of the molecule is CC(=O)N1CCC(c2ccccc2)(S(C)(=O)=O)CC1. The minimum atomic E-state index is -3.23. The smallest absolute Gasteiger partial charge is 0.219 e. The lowest BCUT2D eigenvalue weighted by atomic mass is 9.88. The van der Waals surface area contributed by atoms with Crippen molar-refractivity contribution in [3.63, 3.8) is 0 Å². The van der Waals surface area contributed by atoms with E-state index in [-0.39, 0.29) is 5.91 Å². The van der Waals surface area contributed by atoms with Gasteiger partial charge in [0.2, 0.25) is 5.91 Å². The lowest BCUT2D eigenvalue weighted by molar-refractivity contribution is -0.130. The molecule has 19 heavy (non-hydrogen) atoms. The molecule has 1 amide bonds. The van der Waals surface area contributed by atoms with Crippen LogP contribution in [0, 0.1) is 0 Å². The van der Waals surface area contributed by atoms with Gasteiger partial charge >= 0.3 is 0 Å². The summed E-state index contributed by atoms with van der Waals surface area (Å²) in [4.78, 5) is 13.1. The third-order valence-corrected chi connectivity index (χ3v) is 6.09. The molecule has 2 rings (SSSR count). The molecule has 5 heteroatoms. The van der Waals surface area contributed by atoms with Crippen LogP contribution >= 0.6 is 0 Å². The maximum absolute atomic E-state index is 12.3. The number of hydrogen-bond donors (Lipinski definition) is 0. The van der Waals surface area contributed by atoms with Crippen LogP contribution in [-0.4, -0.2) is 38.6 Å². The molecule has 0 unspecified atom stereocenters. The van der Waals surface area contributed by atoms with Crippen molar-refractivity contribution < 1.29 is 13.2 Å². The van der Waals surface area contributed by atoms with Crippen LogP contribution in [0.5, 0.6) is 0 Å². The normalized spacial score (nSPS) is 19.2. The molecule has 0 atom stereocenters. The highest BCUT2D eigenvalue weighted by molar-refractivity contribution is 7.91.